The molecule has 2 heterocycles. The standard InChI is InChI=1S/C12H16N4O2S/c1-15(5-8-2-10(17)3-8)6-9-4-11(18)16-12(14-9)19-7-13-16/h4,7-8,10,17H,2-3,5-6H2,1H3. The van der Waals surface area contributed by atoms with E-state index in [-0.39, 0.29) is 11.7 Å². The summed E-state index contributed by atoms with van der Waals surface area (Å²) in [6.45, 7) is 1.58. The first-order valence-corrected chi connectivity index (χ1v) is 7.19. The Balaban J connectivity index is 1.68. The molecule has 1 aliphatic carbocycles. The Hall–Kier alpha value is -1.31. The van der Waals surface area contributed by atoms with Crippen LogP contribution in [-0.4, -0.2) is 44.3 Å². The fourth-order valence-electron chi connectivity index (χ4n) is 2.51. The van der Waals surface area contributed by atoms with Crippen molar-refractivity contribution >= 4 is 16.3 Å². The van der Waals surface area contributed by atoms with Gasteiger partial charge >= 0.3 is 0 Å². The van der Waals surface area contributed by atoms with Crippen LogP contribution in [0.4, 0.5) is 0 Å². The molecule has 19 heavy (non-hydrogen) atoms. The molecule has 1 aliphatic rings. The number of aromatic nitrogens is 3. The van der Waals surface area contributed by atoms with Gasteiger partial charge in [0.2, 0.25) is 4.96 Å². The van der Waals surface area contributed by atoms with Crippen molar-refractivity contribution in [3.8, 4) is 0 Å². The molecule has 1 fully saturated rings. The second-order valence-corrected chi connectivity index (χ2v) is 6.02. The van der Waals surface area contributed by atoms with Crippen LogP contribution in [0.15, 0.2) is 16.4 Å². The molecular weight excluding hydrogens is 264 g/mol. The zero-order valence-corrected chi connectivity index (χ0v) is 11.5. The Labute approximate surface area is 114 Å². The van der Waals surface area contributed by atoms with Gasteiger partial charge in [-0.2, -0.15) is 9.61 Å². The molecule has 7 heteroatoms. The molecule has 102 valence electrons. The summed E-state index contributed by atoms with van der Waals surface area (Å²) in [6.07, 6.45) is 1.65. The molecule has 0 unspecified atom stereocenters. The first kappa shape index (κ1) is 12.7. The second kappa shape index (κ2) is 4.99. The van der Waals surface area contributed by atoms with Crippen LogP contribution >= 0.6 is 11.3 Å². The van der Waals surface area contributed by atoms with Crippen LogP contribution < -0.4 is 5.56 Å². The van der Waals surface area contributed by atoms with Crippen molar-refractivity contribution in [3.63, 3.8) is 0 Å². The van der Waals surface area contributed by atoms with E-state index in [1.807, 2.05) is 7.05 Å². The molecule has 0 saturated heterocycles. The molecule has 0 atom stereocenters. The van der Waals surface area contributed by atoms with E-state index in [1.165, 1.54) is 15.9 Å². The van der Waals surface area contributed by atoms with E-state index in [2.05, 4.69) is 15.0 Å². The van der Waals surface area contributed by atoms with Crippen LogP contribution in [0.25, 0.3) is 4.96 Å². The fourth-order valence-corrected chi connectivity index (χ4v) is 3.16. The first-order valence-electron chi connectivity index (χ1n) is 6.31. The lowest BCUT2D eigenvalue weighted by Crippen LogP contribution is -2.37. The van der Waals surface area contributed by atoms with Gasteiger partial charge in [0.1, 0.15) is 5.51 Å². The Morgan fingerprint density at radius 2 is 2.37 bits per heavy atom. The van der Waals surface area contributed by atoms with Gasteiger partial charge in [-0.1, -0.05) is 11.3 Å². The second-order valence-electron chi connectivity index (χ2n) is 5.21. The van der Waals surface area contributed by atoms with Crippen molar-refractivity contribution in [3.05, 3.63) is 27.6 Å². The molecule has 2 aromatic rings. The van der Waals surface area contributed by atoms with Gasteiger partial charge in [-0.25, -0.2) is 4.98 Å². The highest BCUT2D eigenvalue weighted by Gasteiger charge is 2.27. The maximum absolute atomic E-state index is 11.8. The third-order valence-corrected chi connectivity index (χ3v) is 4.13. The lowest BCUT2D eigenvalue weighted by molar-refractivity contribution is 0.0272. The normalized spacial score (nSPS) is 22.9. The van der Waals surface area contributed by atoms with Gasteiger partial charge in [0, 0.05) is 19.2 Å². The van der Waals surface area contributed by atoms with E-state index in [0.717, 1.165) is 25.1 Å². The smallest absolute Gasteiger partial charge is 0.275 e. The van der Waals surface area contributed by atoms with Crippen molar-refractivity contribution in [2.75, 3.05) is 13.6 Å². The average molecular weight is 280 g/mol. The molecule has 0 bridgehead atoms. The minimum Gasteiger partial charge on any atom is -0.393 e. The van der Waals surface area contributed by atoms with Crippen LogP contribution in [0.5, 0.6) is 0 Å². The third kappa shape index (κ3) is 2.68. The molecule has 0 aromatic carbocycles. The van der Waals surface area contributed by atoms with Gasteiger partial charge in [0.05, 0.1) is 11.8 Å². The van der Waals surface area contributed by atoms with E-state index in [4.69, 9.17) is 0 Å². The Bertz CT molecular complexity index is 632. The summed E-state index contributed by atoms with van der Waals surface area (Å²) in [5.74, 6) is 0.563. The minimum absolute atomic E-state index is 0.116. The predicted molar refractivity (Wildman–Crippen MR) is 72.2 cm³/mol. The topological polar surface area (TPSA) is 70.7 Å². The Kier molecular flexibility index (Phi) is 3.34. The van der Waals surface area contributed by atoms with E-state index >= 15 is 0 Å². The third-order valence-electron chi connectivity index (χ3n) is 3.45. The summed E-state index contributed by atoms with van der Waals surface area (Å²) in [5.41, 5.74) is 2.26. The minimum atomic E-state index is -0.131. The summed E-state index contributed by atoms with van der Waals surface area (Å²) in [5, 5.41) is 13.2. The lowest BCUT2D eigenvalue weighted by Gasteiger charge is -2.34. The Morgan fingerprint density at radius 1 is 1.58 bits per heavy atom. The number of aliphatic hydroxyl groups excluding tert-OH is 1. The quantitative estimate of drug-likeness (QED) is 0.875. The SMILES string of the molecule is CN(Cc1cc(=O)n2ncsc2n1)CC1CC(O)C1. The lowest BCUT2D eigenvalue weighted by atomic mass is 9.82. The van der Waals surface area contributed by atoms with Crippen molar-refractivity contribution in [2.24, 2.45) is 5.92 Å². The number of fused-ring (bicyclic) bond motifs is 1. The maximum Gasteiger partial charge on any atom is 0.275 e. The van der Waals surface area contributed by atoms with Gasteiger partial charge in [-0.15, -0.1) is 0 Å². The first-order chi connectivity index (χ1) is 9.11. The van der Waals surface area contributed by atoms with Gasteiger partial charge in [0.25, 0.3) is 5.56 Å². The molecule has 1 saturated carbocycles. The van der Waals surface area contributed by atoms with Crippen LogP contribution in [-0.2, 0) is 6.54 Å². The molecule has 0 spiro atoms. The largest absolute Gasteiger partial charge is 0.393 e. The monoisotopic (exact) mass is 280 g/mol. The number of rotatable bonds is 4. The van der Waals surface area contributed by atoms with Crippen LogP contribution in [0, 0.1) is 5.92 Å². The average Bonchev–Trinajstić information content (AvgIpc) is 2.75. The summed E-state index contributed by atoms with van der Waals surface area (Å²) >= 11 is 1.36. The van der Waals surface area contributed by atoms with E-state index in [9.17, 15) is 9.90 Å². The van der Waals surface area contributed by atoms with E-state index < -0.39 is 0 Å². The predicted octanol–water partition coefficient (Wildman–Crippen LogP) is 0.354. The number of aliphatic hydroxyl groups is 1. The van der Waals surface area contributed by atoms with Crippen molar-refractivity contribution < 1.29 is 5.11 Å². The number of nitrogens with zero attached hydrogens (tertiary/aromatic N) is 4. The van der Waals surface area contributed by atoms with Crippen LogP contribution in [0.2, 0.25) is 0 Å². The number of hydrogen-bond donors (Lipinski definition) is 1. The summed E-state index contributed by atoms with van der Waals surface area (Å²) in [4.78, 5) is 19.0. The van der Waals surface area contributed by atoms with Crippen LogP contribution in [0.1, 0.15) is 18.5 Å². The van der Waals surface area contributed by atoms with Gasteiger partial charge < -0.3 is 10.0 Å². The molecule has 0 amide bonds. The molecular formula is C12H16N4O2S. The highest BCUT2D eigenvalue weighted by atomic mass is 32.1. The highest BCUT2D eigenvalue weighted by molar-refractivity contribution is 7.14. The maximum atomic E-state index is 11.8. The summed E-state index contributed by atoms with van der Waals surface area (Å²) in [6, 6.07) is 1.54. The van der Waals surface area contributed by atoms with Crippen molar-refractivity contribution in [1.29, 1.82) is 0 Å². The molecule has 6 nitrogen and oxygen atoms in total. The zero-order chi connectivity index (χ0) is 13.4. The highest BCUT2D eigenvalue weighted by Crippen LogP contribution is 2.27. The van der Waals surface area contributed by atoms with Gasteiger partial charge in [-0.05, 0) is 25.8 Å². The summed E-state index contributed by atoms with van der Waals surface area (Å²) < 4.78 is 1.32. The van der Waals surface area contributed by atoms with E-state index in [1.54, 1.807) is 11.6 Å². The Morgan fingerprint density at radius 3 is 3.11 bits per heavy atom. The van der Waals surface area contributed by atoms with Crippen molar-refractivity contribution in [2.45, 2.75) is 25.5 Å². The van der Waals surface area contributed by atoms with Gasteiger partial charge in [0.15, 0.2) is 0 Å². The van der Waals surface area contributed by atoms with Crippen molar-refractivity contribution in [1.82, 2.24) is 19.5 Å². The van der Waals surface area contributed by atoms with E-state index in [0.29, 0.717) is 17.4 Å². The fraction of sp³-hybridized carbons (Fsp3) is 0.583. The molecule has 3 rings (SSSR count). The molecule has 1 N–H and O–H groups in total. The van der Waals surface area contributed by atoms with Gasteiger partial charge in [-0.3, -0.25) is 4.79 Å². The molecule has 0 aliphatic heterocycles. The van der Waals surface area contributed by atoms with Crippen LogP contribution in [0.3, 0.4) is 0 Å². The summed E-state index contributed by atoms with van der Waals surface area (Å²) in [7, 11) is 2.01. The molecule has 2 aromatic heterocycles. The molecule has 0 radical (unpaired) electrons. The number of hydrogen-bond acceptors (Lipinski definition) is 6. The zero-order valence-electron chi connectivity index (χ0n) is 10.7.